The molecule has 100 valence electrons. The molecule has 0 aromatic heterocycles. The molecule has 4 atom stereocenters. The first-order chi connectivity index (χ1) is 9.40. The van der Waals surface area contributed by atoms with Gasteiger partial charge in [0.05, 0.1) is 0 Å². The first kappa shape index (κ1) is 10.6. The van der Waals surface area contributed by atoms with Crippen molar-refractivity contribution in [2.75, 3.05) is 6.79 Å². The third-order valence-electron chi connectivity index (χ3n) is 5.71. The van der Waals surface area contributed by atoms with E-state index < -0.39 is 0 Å². The number of ether oxygens (including phenoxy) is 2. The van der Waals surface area contributed by atoms with E-state index >= 15 is 0 Å². The molecule has 4 unspecified atom stereocenters. The molecule has 0 spiro atoms. The van der Waals surface area contributed by atoms with Crippen LogP contribution in [0.2, 0.25) is 0 Å². The van der Waals surface area contributed by atoms with Crippen molar-refractivity contribution in [1.29, 1.82) is 0 Å². The summed E-state index contributed by atoms with van der Waals surface area (Å²) in [4.78, 5) is 0. The van der Waals surface area contributed by atoms with Crippen molar-refractivity contribution in [3.05, 3.63) is 23.8 Å². The van der Waals surface area contributed by atoms with Crippen molar-refractivity contribution in [1.82, 2.24) is 5.32 Å². The standard InChI is InChI=1S/C16H19NO2/c1-4-12-13(19-8-18-12)5-9(1)7-17-16-14-10-2-3-11(6-10)15(14)16/h1,4-5,10-11,14-17H,2-3,6-8H2. The van der Waals surface area contributed by atoms with Gasteiger partial charge in [0.25, 0.3) is 0 Å². The van der Waals surface area contributed by atoms with Crippen LogP contribution < -0.4 is 14.8 Å². The molecule has 19 heavy (non-hydrogen) atoms. The van der Waals surface area contributed by atoms with Crippen LogP contribution in [0.15, 0.2) is 18.2 Å². The van der Waals surface area contributed by atoms with Crippen molar-refractivity contribution in [3.8, 4) is 11.5 Å². The lowest BCUT2D eigenvalue weighted by Gasteiger charge is -2.10. The van der Waals surface area contributed by atoms with Gasteiger partial charge in [0.2, 0.25) is 6.79 Å². The molecule has 1 aromatic rings. The van der Waals surface area contributed by atoms with Gasteiger partial charge in [0.1, 0.15) is 0 Å². The van der Waals surface area contributed by atoms with Gasteiger partial charge in [-0.3, -0.25) is 0 Å². The maximum Gasteiger partial charge on any atom is 0.231 e. The summed E-state index contributed by atoms with van der Waals surface area (Å²) in [5.74, 6) is 5.88. The van der Waals surface area contributed by atoms with Crippen LogP contribution in [0, 0.1) is 23.7 Å². The zero-order chi connectivity index (χ0) is 12.4. The van der Waals surface area contributed by atoms with Gasteiger partial charge in [-0.1, -0.05) is 6.07 Å². The quantitative estimate of drug-likeness (QED) is 0.902. The zero-order valence-corrected chi connectivity index (χ0v) is 11.0. The van der Waals surface area contributed by atoms with Crippen LogP contribution in [0.1, 0.15) is 24.8 Å². The van der Waals surface area contributed by atoms with Crippen LogP contribution in [0.4, 0.5) is 0 Å². The van der Waals surface area contributed by atoms with Crippen LogP contribution in [0.3, 0.4) is 0 Å². The fourth-order valence-electron chi connectivity index (χ4n) is 4.88. The van der Waals surface area contributed by atoms with Crippen molar-refractivity contribution in [2.45, 2.75) is 31.8 Å². The first-order valence-electron chi connectivity index (χ1n) is 7.52. The molecule has 3 aliphatic carbocycles. The molecule has 1 N–H and O–H groups in total. The van der Waals surface area contributed by atoms with E-state index in [9.17, 15) is 0 Å². The Labute approximate surface area is 113 Å². The van der Waals surface area contributed by atoms with E-state index in [1.54, 1.807) is 0 Å². The molecule has 5 rings (SSSR count). The molecule has 3 saturated carbocycles. The second-order valence-corrected chi connectivity index (χ2v) is 6.58. The highest BCUT2D eigenvalue weighted by atomic mass is 16.7. The second kappa shape index (κ2) is 3.66. The van der Waals surface area contributed by atoms with Crippen LogP contribution in [-0.4, -0.2) is 12.8 Å². The molecule has 1 aromatic carbocycles. The third kappa shape index (κ3) is 1.48. The van der Waals surface area contributed by atoms with Gasteiger partial charge in [-0.05, 0) is 60.6 Å². The van der Waals surface area contributed by atoms with Crippen molar-refractivity contribution in [2.24, 2.45) is 23.7 Å². The smallest absolute Gasteiger partial charge is 0.231 e. The largest absolute Gasteiger partial charge is 0.454 e. The maximum absolute atomic E-state index is 5.43. The average Bonchev–Trinajstić information content (AvgIpc) is 2.85. The minimum absolute atomic E-state index is 0.363. The lowest BCUT2D eigenvalue weighted by molar-refractivity contribution is 0.174. The number of nitrogens with one attached hydrogen (secondary N) is 1. The van der Waals surface area contributed by atoms with Gasteiger partial charge >= 0.3 is 0 Å². The second-order valence-electron chi connectivity index (χ2n) is 6.58. The first-order valence-corrected chi connectivity index (χ1v) is 7.52. The Kier molecular flexibility index (Phi) is 2.03. The van der Waals surface area contributed by atoms with Gasteiger partial charge in [-0.2, -0.15) is 0 Å². The summed E-state index contributed by atoms with van der Waals surface area (Å²) in [6, 6.07) is 7.09. The Bertz CT molecular complexity index is 513. The summed E-state index contributed by atoms with van der Waals surface area (Å²) in [6.45, 7) is 1.33. The highest BCUT2D eigenvalue weighted by molar-refractivity contribution is 5.44. The molecule has 3 heteroatoms. The summed E-state index contributed by atoms with van der Waals surface area (Å²) in [6.07, 6.45) is 4.51. The van der Waals surface area contributed by atoms with E-state index in [0.717, 1.165) is 47.8 Å². The van der Waals surface area contributed by atoms with Crippen molar-refractivity contribution in [3.63, 3.8) is 0 Å². The zero-order valence-electron chi connectivity index (χ0n) is 11.0. The molecule has 3 nitrogen and oxygen atoms in total. The number of hydrogen-bond donors (Lipinski definition) is 1. The average molecular weight is 257 g/mol. The van der Waals surface area contributed by atoms with E-state index in [1.165, 1.54) is 24.8 Å². The summed E-state index contributed by atoms with van der Waals surface area (Å²) >= 11 is 0. The molecule has 0 radical (unpaired) electrons. The molecule has 1 heterocycles. The third-order valence-corrected chi connectivity index (χ3v) is 5.71. The van der Waals surface area contributed by atoms with Crippen LogP contribution in [0.5, 0.6) is 11.5 Å². The Hall–Kier alpha value is -1.22. The molecule has 3 fully saturated rings. The summed E-state index contributed by atoms with van der Waals surface area (Å²) in [5, 5.41) is 3.77. The molecule has 0 amide bonds. The SMILES string of the molecule is c1cc2c(cc1CNC1C3C4CCC(C4)C13)OCO2. The van der Waals surface area contributed by atoms with Gasteiger partial charge in [-0.15, -0.1) is 0 Å². The summed E-state index contributed by atoms with van der Waals surface area (Å²) < 4.78 is 10.8. The topological polar surface area (TPSA) is 30.5 Å². The molecule has 4 aliphatic rings. The lowest BCUT2D eigenvalue weighted by Crippen LogP contribution is -2.22. The van der Waals surface area contributed by atoms with Crippen molar-refractivity contribution < 1.29 is 9.47 Å². The fourth-order valence-corrected chi connectivity index (χ4v) is 4.88. The lowest BCUT2D eigenvalue weighted by atomic mass is 10.0. The maximum atomic E-state index is 5.43. The van der Waals surface area contributed by atoms with Gasteiger partial charge in [0, 0.05) is 12.6 Å². The van der Waals surface area contributed by atoms with Crippen molar-refractivity contribution >= 4 is 0 Å². The highest BCUT2D eigenvalue weighted by Crippen LogP contribution is 2.65. The Morgan fingerprint density at radius 1 is 1.05 bits per heavy atom. The van der Waals surface area contributed by atoms with Gasteiger partial charge in [0.15, 0.2) is 11.5 Å². The fraction of sp³-hybridized carbons (Fsp3) is 0.625. The normalized spacial score (nSPS) is 40.5. The van der Waals surface area contributed by atoms with E-state index in [4.69, 9.17) is 9.47 Å². The molecule has 1 aliphatic heterocycles. The van der Waals surface area contributed by atoms with Gasteiger partial charge < -0.3 is 14.8 Å². The predicted octanol–water partition coefficient (Wildman–Crippen LogP) is 2.55. The predicted molar refractivity (Wildman–Crippen MR) is 71.0 cm³/mol. The minimum Gasteiger partial charge on any atom is -0.454 e. The van der Waals surface area contributed by atoms with E-state index in [-0.39, 0.29) is 0 Å². The van der Waals surface area contributed by atoms with E-state index in [0.29, 0.717) is 6.79 Å². The number of rotatable bonds is 3. The van der Waals surface area contributed by atoms with Crippen LogP contribution in [-0.2, 0) is 6.54 Å². The number of benzene rings is 1. The Morgan fingerprint density at radius 2 is 1.84 bits per heavy atom. The summed E-state index contributed by atoms with van der Waals surface area (Å²) in [5.41, 5.74) is 1.31. The van der Waals surface area contributed by atoms with E-state index in [2.05, 4.69) is 17.4 Å². The minimum atomic E-state index is 0.363. The molecular weight excluding hydrogens is 238 g/mol. The van der Waals surface area contributed by atoms with E-state index in [1.807, 2.05) is 6.07 Å². The Morgan fingerprint density at radius 3 is 2.68 bits per heavy atom. The highest BCUT2D eigenvalue weighted by Gasteiger charge is 2.64. The van der Waals surface area contributed by atoms with Crippen LogP contribution >= 0.6 is 0 Å². The molecule has 2 bridgehead atoms. The molecule has 0 saturated heterocycles. The summed E-state index contributed by atoms with van der Waals surface area (Å²) in [7, 11) is 0. The number of fused-ring (bicyclic) bond motifs is 6. The number of hydrogen-bond acceptors (Lipinski definition) is 3. The monoisotopic (exact) mass is 257 g/mol. The Balaban J connectivity index is 1.25. The molecular formula is C16H19NO2. The van der Waals surface area contributed by atoms with Crippen LogP contribution in [0.25, 0.3) is 0 Å². The van der Waals surface area contributed by atoms with Gasteiger partial charge in [-0.25, -0.2) is 0 Å².